The molecule has 0 bridgehead atoms. The van der Waals surface area contributed by atoms with E-state index in [0.717, 1.165) is 50.3 Å². The molecule has 1 aromatic rings. The number of benzene rings is 1. The number of hydrogen-bond acceptors (Lipinski definition) is 3. The van der Waals surface area contributed by atoms with Crippen molar-refractivity contribution >= 4 is 5.91 Å². The largest absolute Gasteiger partial charge is 0.494 e. The Labute approximate surface area is 133 Å². The predicted molar refractivity (Wildman–Crippen MR) is 87.1 cm³/mol. The van der Waals surface area contributed by atoms with E-state index in [-0.39, 0.29) is 5.91 Å². The van der Waals surface area contributed by atoms with Crippen molar-refractivity contribution in [3.8, 4) is 5.75 Å². The van der Waals surface area contributed by atoms with Gasteiger partial charge in [-0.15, -0.1) is 0 Å². The third-order valence-electron chi connectivity index (χ3n) is 4.29. The van der Waals surface area contributed by atoms with Crippen molar-refractivity contribution < 1.29 is 14.3 Å². The molecule has 1 fully saturated rings. The van der Waals surface area contributed by atoms with Gasteiger partial charge in [-0.05, 0) is 49.8 Å². The molecule has 0 spiro atoms. The van der Waals surface area contributed by atoms with Gasteiger partial charge in [-0.3, -0.25) is 4.79 Å². The average molecular weight is 305 g/mol. The van der Waals surface area contributed by atoms with E-state index in [2.05, 4.69) is 0 Å². The van der Waals surface area contributed by atoms with E-state index >= 15 is 0 Å². The summed E-state index contributed by atoms with van der Waals surface area (Å²) in [7, 11) is 1.75. The molecule has 0 radical (unpaired) electrons. The molecule has 22 heavy (non-hydrogen) atoms. The maximum Gasteiger partial charge on any atom is 0.226 e. The van der Waals surface area contributed by atoms with E-state index < -0.39 is 0 Å². The lowest BCUT2D eigenvalue weighted by Crippen LogP contribution is -2.39. The molecule has 0 aromatic heterocycles. The van der Waals surface area contributed by atoms with Crippen LogP contribution < -0.4 is 4.74 Å². The fourth-order valence-electron chi connectivity index (χ4n) is 2.91. The van der Waals surface area contributed by atoms with Crippen LogP contribution in [0.5, 0.6) is 5.75 Å². The highest BCUT2D eigenvalue weighted by atomic mass is 16.5. The highest BCUT2D eigenvalue weighted by Gasteiger charge is 2.22. The van der Waals surface area contributed by atoms with Gasteiger partial charge in [0.2, 0.25) is 5.91 Å². The molecular formula is C18H27NO3. The number of hydrogen-bond donors (Lipinski definition) is 0. The second kappa shape index (κ2) is 8.79. The molecule has 4 nitrogen and oxygen atoms in total. The van der Waals surface area contributed by atoms with Gasteiger partial charge < -0.3 is 14.4 Å². The summed E-state index contributed by atoms with van der Waals surface area (Å²) in [5.41, 5.74) is 1.05. The van der Waals surface area contributed by atoms with Gasteiger partial charge in [-0.25, -0.2) is 0 Å². The van der Waals surface area contributed by atoms with Crippen molar-refractivity contribution in [1.29, 1.82) is 0 Å². The van der Waals surface area contributed by atoms with Crippen LogP contribution in [0, 0.1) is 5.92 Å². The van der Waals surface area contributed by atoms with E-state index in [9.17, 15) is 4.79 Å². The van der Waals surface area contributed by atoms with Crippen molar-refractivity contribution in [3.63, 3.8) is 0 Å². The summed E-state index contributed by atoms with van der Waals surface area (Å²) in [6.45, 7) is 5.21. The third kappa shape index (κ3) is 5.02. The molecule has 0 aliphatic carbocycles. The summed E-state index contributed by atoms with van der Waals surface area (Å²) in [4.78, 5) is 14.4. The molecule has 1 aliphatic rings. The molecule has 1 saturated heterocycles. The number of methoxy groups -OCH3 is 1. The van der Waals surface area contributed by atoms with Crippen molar-refractivity contribution in [1.82, 2.24) is 4.90 Å². The van der Waals surface area contributed by atoms with Crippen LogP contribution in [0.4, 0.5) is 0 Å². The SMILES string of the molecule is CCOc1ccc(CC(=O)N2CCC(CCOC)CC2)cc1. The van der Waals surface area contributed by atoms with Gasteiger partial charge in [0.15, 0.2) is 0 Å². The van der Waals surface area contributed by atoms with Crippen LogP contribution in [0.15, 0.2) is 24.3 Å². The first-order valence-corrected chi connectivity index (χ1v) is 8.21. The minimum absolute atomic E-state index is 0.231. The lowest BCUT2D eigenvalue weighted by atomic mass is 9.93. The van der Waals surface area contributed by atoms with Gasteiger partial charge in [-0.2, -0.15) is 0 Å². The maximum atomic E-state index is 12.4. The monoisotopic (exact) mass is 305 g/mol. The van der Waals surface area contributed by atoms with Gasteiger partial charge in [0.25, 0.3) is 0 Å². The minimum Gasteiger partial charge on any atom is -0.494 e. The molecule has 1 aliphatic heterocycles. The Balaban J connectivity index is 1.78. The van der Waals surface area contributed by atoms with Gasteiger partial charge in [0.1, 0.15) is 5.75 Å². The first-order valence-electron chi connectivity index (χ1n) is 8.21. The lowest BCUT2D eigenvalue weighted by Gasteiger charge is -2.32. The Bertz CT molecular complexity index is 450. The van der Waals surface area contributed by atoms with E-state index in [1.807, 2.05) is 36.1 Å². The molecule has 0 unspecified atom stereocenters. The number of carbonyl (C=O) groups is 1. The zero-order valence-corrected chi connectivity index (χ0v) is 13.7. The Kier molecular flexibility index (Phi) is 6.72. The number of ether oxygens (including phenoxy) is 2. The van der Waals surface area contributed by atoms with Gasteiger partial charge in [-0.1, -0.05) is 12.1 Å². The topological polar surface area (TPSA) is 38.8 Å². The normalized spacial score (nSPS) is 15.8. The van der Waals surface area contributed by atoms with E-state index in [4.69, 9.17) is 9.47 Å². The summed E-state index contributed by atoms with van der Waals surface area (Å²) in [5, 5.41) is 0. The van der Waals surface area contributed by atoms with Crippen molar-refractivity contribution in [2.75, 3.05) is 33.4 Å². The lowest BCUT2D eigenvalue weighted by molar-refractivity contribution is -0.131. The molecular weight excluding hydrogens is 278 g/mol. The van der Waals surface area contributed by atoms with Gasteiger partial charge in [0.05, 0.1) is 13.0 Å². The summed E-state index contributed by atoms with van der Waals surface area (Å²) in [6.07, 6.45) is 3.78. The predicted octanol–water partition coefficient (Wildman–Crippen LogP) is 2.90. The molecule has 1 aromatic carbocycles. The highest BCUT2D eigenvalue weighted by Crippen LogP contribution is 2.21. The maximum absolute atomic E-state index is 12.4. The summed E-state index contributed by atoms with van der Waals surface area (Å²) in [5.74, 6) is 1.79. The highest BCUT2D eigenvalue weighted by molar-refractivity contribution is 5.78. The van der Waals surface area contributed by atoms with E-state index in [0.29, 0.717) is 18.9 Å². The average Bonchev–Trinajstić information content (AvgIpc) is 2.55. The van der Waals surface area contributed by atoms with Crippen LogP contribution in [0.1, 0.15) is 31.7 Å². The summed E-state index contributed by atoms with van der Waals surface area (Å²) >= 11 is 0. The zero-order chi connectivity index (χ0) is 15.8. The van der Waals surface area contributed by atoms with Crippen molar-refractivity contribution in [2.45, 2.75) is 32.6 Å². The number of amides is 1. The molecule has 122 valence electrons. The van der Waals surface area contributed by atoms with Gasteiger partial charge in [0, 0.05) is 26.8 Å². The van der Waals surface area contributed by atoms with Crippen LogP contribution in [0.3, 0.4) is 0 Å². The van der Waals surface area contributed by atoms with E-state index in [1.54, 1.807) is 7.11 Å². The number of carbonyl (C=O) groups excluding carboxylic acids is 1. The number of likely N-dealkylation sites (tertiary alicyclic amines) is 1. The van der Waals surface area contributed by atoms with Gasteiger partial charge >= 0.3 is 0 Å². The number of nitrogens with zero attached hydrogens (tertiary/aromatic N) is 1. The van der Waals surface area contributed by atoms with Crippen LogP contribution in [0.2, 0.25) is 0 Å². The fourth-order valence-corrected chi connectivity index (χ4v) is 2.91. The number of rotatable bonds is 7. The molecule has 2 rings (SSSR count). The Morgan fingerprint density at radius 1 is 1.23 bits per heavy atom. The first kappa shape index (κ1) is 16.8. The summed E-state index contributed by atoms with van der Waals surface area (Å²) < 4.78 is 10.6. The Hall–Kier alpha value is -1.55. The molecule has 4 heteroatoms. The quantitative estimate of drug-likeness (QED) is 0.777. The Morgan fingerprint density at radius 3 is 2.50 bits per heavy atom. The summed E-state index contributed by atoms with van der Waals surface area (Å²) in [6, 6.07) is 7.83. The van der Waals surface area contributed by atoms with Crippen LogP contribution in [-0.4, -0.2) is 44.2 Å². The number of piperidine rings is 1. The van der Waals surface area contributed by atoms with Crippen LogP contribution in [0.25, 0.3) is 0 Å². The minimum atomic E-state index is 0.231. The van der Waals surface area contributed by atoms with Crippen molar-refractivity contribution in [3.05, 3.63) is 29.8 Å². The molecule has 0 atom stereocenters. The second-order valence-electron chi connectivity index (χ2n) is 5.86. The first-order chi connectivity index (χ1) is 10.7. The van der Waals surface area contributed by atoms with Crippen LogP contribution in [-0.2, 0) is 16.0 Å². The standard InChI is InChI=1S/C18H27NO3/c1-3-22-17-6-4-16(5-7-17)14-18(20)19-11-8-15(9-12-19)10-13-21-2/h4-7,15H,3,8-14H2,1-2H3. The molecule has 1 heterocycles. The zero-order valence-electron chi connectivity index (χ0n) is 13.7. The molecule has 0 saturated carbocycles. The third-order valence-corrected chi connectivity index (χ3v) is 4.29. The second-order valence-corrected chi connectivity index (χ2v) is 5.86. The smallest absolute Gasteiger partial charge is 0.226 e. The van der Waals surface area contributed by atoms with E-state index in [1.165, 1.54) is 0 Å². The Morgan fingerprint density at radius 2 is 1.91 bits per heavy atom. The fraction of sp³-hybridized carbons (Fsp3) is 0.611. The van der Waals surface area contributed by atoms with Crippen LogP contribution >= 0.6 is 0 Å². The molecule has 0 N–H and O–H groups in total. The van der Waals surface area contributed by atoms with Crippen molar-refractivity contribution in [2.24, 2.45) is 5.92 Å². The molecule has 1 amide bonds.